The quantitative estimate of drug-likeness (QED) is 0.419. The van der Waals surface area contributed by atoms with Crippen molar-refractivity contribution >= 4 is 40.3 Å². The van der Waals surface area contributed by atoms with Gasteiger partial charge >= 0.3 is 0 Å². The molecule has 2 N–H and O–H groups in total. The number of aryl methyl sites for hydroxylation is 2. The normalized spacial score (nSPS) is 12.3. The van der Waals surface area contributed by atoms with Gasteiger partial charge in [-0.25, -0.2) is 4.98 Å². The summed E-state index contributed by atoms with van der Waals surface area (Å²) in [5.74, 6) is 0.0815. The molecule has 2 heterocycles. The van der Waals surface area contributed by atoms with Crippen molar-refractivity contribution in [2.45, 2.75) is 51.4 Å². The lowest BCUT2D eigenvalue weighted by molar-refractivity contribution is -0.130. The molecule has 3 aromatic rings. The third-order valence-corrected chi connectivity index (χ3v) is 6.88. The molecule has 1 atom stereocenters. The zero-order valence-electron chi connectivity index (χ0n) is 17.9. The van der Waals surface area contributed by atoms with Crippen LogP contribution in [0, 0.1) is 19.3 Å². The highest BCUT2D eigenvalue weighted by molar-refractivity contribution is 8.00. The lowest BCUT2D eigenvalue weighted by atomic mass is 10.2. The van der Waals surface area contributed by atoms with E-state index in [1.807, 2.05) is 57.7 Å². The van der Waals surface area contributed by atoms with Crippen LogP contribution in [0.1, 0.15) is 38.4 Å². The molecule has 1 amide bonds. The van der Waals surface area contributed by atoms with E-state index in [1.165, 1.54) is 11.8 Å². The van der Waals surface area contributed by atoms with Crippen molar-refractivity contribution in [2.24, 2.45) is 0 Å². The second-order valence-electron chi connectivity index (χ2n) is 7.08. The number of carbonyl (C=O) groups excluding carboxylic acids is 1. The first-order valence-electron chi connectivity index (χ1n) is 10.1. The molecule has 0 aliphatic heterocycles. The molecular weight excluding hydrogens is 420 g/mol. The van der Waals surface area contributed by atoms with Crippen molar-refractivity contribution in [2.75, 3.05) is 13.1 Å². The Morgan fingerprint density at radius 1 is 1.30 bits per heavy atom. The SMILES string of the molecule is CCC(Sc1nc2n[nH]c(C)c2c(=N)n1-c1ccc(Cl)c(C)c1)C(=O)N(CC)CC. The molecule has 0 fully saturated rings. The molecule has 0 aliphatic carbocycles. The molecule has 0 spiro atoms. The van der Waals surface area contributed by atoms with Crippen molar-refractivity contribution < 1.29 is 4.79 Å². The molecule has 0 bridgehead atoms. The smallest absolute Gasteiger partial charge is 0.236 e. The highest BCUT2D eigenvalue weighted by Gasteiger charge is 2.25. The second-order valence-corrected chi connectivity index (χ2v) is 8.66. The topological polar surface area (TPSA) is 90.7 Å². The van der Waals surface area contributed by atoms with E-state index < -0.39 is 0 Å². The monoisotopic (exact) mass is 446 g/mol. The maximum Gasteiger partial charge on any atom is 0.236 e. The first kappa shape index (κ1) is 22.4. The fourth-order valence-corrected chi connectivity index (χ4v) is 4.62. The average molecular weight is 447 g/mol. The molecule has 0 saturated carbocycles. The molecule has 0 saturated heterocycles. The van der Waals surface area contributed by atoms with Gasteiger partial charge in [0.05, 0.1) is 10.6 Å². The summed E-state index contributed by atoms with van der Waals surface area (Å²) in [5, 5.41) is 17.6. The minimum absolute atomic E-state index is 0.0815. The van der Waals surface area contributed by atoms with E-state index >= 15 is 0 Å². The predicted octanol–water partition coefficient (Wildman–Crippen LogP) is 4.24. The van der Waals surface area contributed by atoms with Crippen LogP contribution in [0.5, 0.6) is 0 Å². The van der Waals surface area contributed by atoms with Gasteiger partial charge in [0.1, 0.15) is 5.49 Å². The fourth-order valence-electron chi connectivity index (χ4n) is 3.39. The van der Waals surface area contributed by atoms with E-state index in [2.05, 4.69) is 10.2 Å². The molecule has 160 valence electrons. The summed E-state index contributed by atoms with van der Waals surface area (Å²) in [6.07, 6.45) is 0.659. The third-order valence-electron chi connectivity index (χ3n) is 5.15. The van der Waals surface area contributed by atoms with Crippen molar-refractivity contribution in [3.8, 4) is 5.69 Å². The minimum Gasteiger partial charge on any atom is -0.342 e. The number of aromatic nitrogens is 4. The summed E-state index contributed by atoms with van der Waals surface area (Å²) in [6.45, 7) is 11.1. The molecule has 7 nitrogen and oxygen atoms in total. The minimum atomic E-state index is -0.297. The number of nitrogens with zero attached hydrogens (tertiary/aromatic N) is 4. The van der Waals surface area contributed by atoms with Crippen LogP contribution in [0.2, 0.25) is 5.02 Å². The van der Waals surface area contributed by atoms with Crippen molar-refractivity contribution in [1.29, 1.82) is 5.41 Å². The van der Waals surface area contributed by atoms with Gasteiger partial charge in [-0.15, -0.1) is 0 Å². The molecule has 30 heavy (non-hydrogen) atoms. The Morgan fingerprint density at radius 3 is 2.60 bits per heavy atom. The number of H-pyrrole nitrogens is 1. The van der Waals surface area contributed by atoms with Crippen LogP contribution < -0.4 is 5.49 Å². The Morgan fingerprint density at radius 2 is 2.00 bits per heavy atom. The van der Waals surface area contributed by atoms with Crippen LogP contribution in [0.4, 0.5) is 0 Å². The number of carbonyl (C=O) groups is 1. The molecule has 1 aromatic carbocycles. The van der Waals surface area contributed by atoms with Crippen LogP contribution in [0.25, 0.3) is 16.7 Å². The number of amides is 1. The van der Waals surface area contributed by atoms with Gasteiger partial charge in [0.25, 0.3) is 0 Å². The van der Waals surface area contributed by atoms with Crippen LogP contribution in [-0.2, 0) is 4.79 Å². The maximum absolute atomic E-state index is 13.0. The molecule has 0 radical (unpaired) electrons. The van der Waals surface area contributed by atoms with Crippen LogP contribution in [0.3, 0.4) is 0 Å². The third kappa shape index (κ3) is 4.11. The Balaban J connectivity index is 2.18. The Kier molecular flexibility index (Phi) is 6.88. The number of aromatic amines is 1. The Bertz CT molecular complexity index is 1130. The van der Waals surface area contributed by atoms with Gasteiger partial charge < -0.3 is 4.90 Å². The summed E-state index contributed by atoms with van der Waals surface area (Å²) in [5.41, 5.74) is 3.23. The van der Waals surface area contributed by atoms with Crippen molar-refractivity contribution in [3.63, 3.8) is 0 Å². The Labute approximate surface area is 185 Å². The first-order valence-corrected chi connectivity index (χ1v) is 11.3. The van der Waals surface area contributed by atoms with Gasteiger partial charge in [-0.3, -0.25) is 19.9 Å². The molecule has 2 aromatic heterocycles. The fraction of sp³-hybridized carbons (Fsp3) is 0.429. The standard InChI is InChI=1S/C21H27ClN6OS/c1-6-16(20(29)27(7-2)8-3)30-21-24-19-17(13(5)25-26-19)18(23)28(21)14-9-10-15(22)12(4)11-14/h9-11,16,23H,6-8H2,1-5H3,(H,25,26). The largest absolute Gasteiger partial charge is 0.342 e. The van der Waals surface area contributed by atoms with E-state index in [0.29, 0.717) is 40.7 Å². The van der Waals surface area contributed by atoms with E-state index in [0.717, 1.165) is 16.9 Å². The van der Waals surface area contributed by atoms with Crippen molar-refractivity contribution in [3.05, 3.63) is 40.0 Å². The van der Waals surface area contributed by atoms with E-state index in [4.69, 9.17) is 22.0 Å². The van der Waals surface area contributed by atoms with E-state index in [9.17, 15) is 4.79 Å². The number of hydrogen-bond donors (Lipinski definition) is 2. The molecule has 1 unspecified atom stereocenters. The molecular formula is C21H27ClN6OS. The average Bonchev–Trinajstić information content (AvgIpc) is 3.10. The van der Waals surface area contributed by atoms with Gasteiger partial charge in [-0.2, -0.15) is 5.10 Å². The lowest BCUT2D eigenvalue weighted by Crippen LogP contribution is -2.37. The summed E-state index contributed by atoms with van der Waals surface area (Å²) >= 11 is 7.60. The van der Waals surface area contributed by atoms with Gasteiger partial charge in [-0.05, 0) is 57.9 Å². The summed E-state index contributed by atoms with van der Waals surface area (Å²) in [6, 6.07) is 5.62. The van der Waals surface area contributed by atoms with Crippen molar-refractivity contribution in [1.82, 2.24) is 24.6 Å². The van der Waals surface area contributed by atoms with E-state index in [1.54, 1.807) is 4.57 Å². The summed E-state index contributed by atoms with van der Waals surface area (Å²) < 4.78 is 1.77. The number of rotatable bonds is 7. The number of fused-ring (bicyclic) bond motifs is 1. The van der Waals surface area contributed by atoms with Crippen LogP contribution in [-0.4, -0.2) is 48.9 Å². The zero-order valence-corrected chi connectivity index (χ0v) is 19.5. The maximum atomic E-state index is 13.0. The second kappa shape index (κ2) is 9.22. The number of nitrogens with one attached hydrogen (secondary N) is 2. The number of hydrogen-bond acceptors (Lipinski definition) is 5. The summed E-state index contributed by atoms with van der Waals surface area (Å²) in [7, 11) is 0. The highest BCUT2D eigenvalue weighted by atomic mass is 35.5. The van der Waals surface area contributed by atoms with Crippen LogP contribution in [0.15, 0.2) is 23.4 Å². The molecule has 3 rings (SSSR count). The number of benzene rings is 1. The lowest BCUT2D eigenvalue weighted by Gasteiger charge is -2.24. The van der Waals surface area contributed by atoms with Gasteiger partial charge in [0.15, 0.2) is 10.8 Å². The number of halogens is 1. The Hall–Kier alpha value is -2.32. The predicted molar refractivity (Wildman–Crippen MR) is 121 cm³/mol. The first-order chi connectivity index (χ1) is 14.3. The number of thioether (sulfide) groups is 1. The zero-order chi connectivity index (χ0) is 22.0. The van der Waals surface area contributed by atoms with E-state index in [-0.39, 0.29) is 16.6 Å². The molecule has 0 aliphatic rings. The van der Waals surface area contributed by atoms with Gasteiger partial charge in [-0.1, -0.05) is 30.3 Å². The summed E-state index contributed by atoms with van der Waals surface area (Å²) in [4.78, 5) is 19.6. The van der Waals surface area contributed by atoms with Crippen LogP contribution >= 0.6 is 23.4 Å². The van der Waals surface area contributed by atoms with Gasteiger partial charge in [0, 0.05) is 29.5 Å². The van der Waals surface area contributed by atoms with Gasteiger partial charge in [0.2, 0.25) is 5.91 Å². The highest BCUT2D eigenvalue weighted by Crippen LogP contribution is 2.29. The molecule has 9 heteroatoms.